The fourth-order valence-electron chi connectivity index (χ4n) is 2.72. The van der Waals surface area contributed by atoms with Gasteiger partial charge in [0.2, 0.25) is 5.78 Å². The standard InChI is InChI=1S/C13H16N2O2S/c16-11(12-14-4-1-5-15-12)10-2-6-17-13(8-10)3-7-18-9-13/h1,4-5,10H,2-3,6-9H2. The number of aromatic nitrogens is 2. The van der Waals surface area contributed by atoms with E-state index >= 15 is 0 Å². The maximum absolute atomic E-state index is 12.4. The average molecular weight is 264 g/mol. The van der Waals surface area contributed by atoms with E-state index < -0.39 is 0 Å². The number of thioether (sulfide) groups is 1. The number of nitrogens with zero attached hydrogens (tertiary/aromatic N) is 2. The molecule has 2 unspecified atom stereocenters. The van der Waals surface area contributed by atoms with E-state index in [0.29, 0.717) is 12.4 Å². The molecule has 18 heavy (non-hydrogen) atoms. The summed E-state index contributed by atoms with van der Waals surface area (Å²) in [5, 5.41) is 0. The van der Waals surface area contributed by atoms with Crippen molar-refractivity contribution in [2.24, 2.45) is 5.92 Å². The minimum atomic E-state index is -0.0575. The van der Waals surface area contributed by atoms with Crippen molar-refractivity contribution in [1.82, 2.24) is 9.97 Å². The second kappa shape index (κ2) is 4.97. The van der Waals surface area contributed by atoms with Gasteiger partial charge in [-0.05, 0) is 31.1 Å². The van der Waals surface area contributed by atoms with Crippen molar-refractivity contribution in [3.8, 4) is 0 Å². The highest BCUT2D eigenvalue weighted by atomic mass is 32.2. The van der Waals surface area contributed by atoms with Gasteiger partial charge in [-0.25, -0.2) is 9.97 Å². The molecule has 2 fully saturated rings. The summed E-state index contributed by atoms with van der Waals surface area (Å²) in [6.45, 7) is 0.684. The van der Waals surface area contributed by atoms with Crippen LogP contribution in [0.25, 0.3) is 0 Å². The molecule has 0 saturated carbocycles. The number of hydrogen-bond acceptors (Lipinski definition) is 5. The van der Waals surface area contributed by atoms with Gasteiger partial charge in [0.1, 0.15) is 0 Å². The van der Waals surface area contributed by atoms with Crippen LogP contribution in [0.1, 0.15) is 29.9 Å². The summed E-state index contributed by atoms with van der Waals surface area (Å²) in [5.41, 5.74) is -0.0575. The minimum absolute atomic E-state index is 0.0276. The van der Waals surface area contributed by atoms with Gasteiger partial charge in [-0.1, -0.05) is 0 Å². The van der Waals surface area contributed by atoms with Gasteiger partial charge >= 0.3 is 0 Å². The number of ketones is 1. The highest BCUT2D eigenvalue weighted by molar-refractivity contribution is 7.99. The van der Waals surface area contributed by atoms with Crippen LogP contribution in [0, 0.1) is 5.92 Å². The van der Waals surface area contributed by atoms with E-state index in [-0.39, 0.29) is 17.3 Å². The third kappa shape index (κ3) is 2.29. The van der Waals surface area contributed by atoms with E-state index in [9.17, 15) is 4.79 Å². The Morgan fingerprint density at radius 3 is 3.00 bits per heavy atom. The first-order valence-electron chi connectivity index (χ1n) is 6.32. The first-order valence-corrected chi connectivity index (χ1v) is 7.48. The zero-order chi connectivity index (χ0) is 12.4. The second-order valence-electron chi connectivity index (χ2n) is 4.96. The lowest BCUT2D eigenvalue weighted by molar-refractivity contribution is -0.0735. The summed E-state index contributed by atoms with van der Waals surface area (Å²) < 4.78 is 5.93. The molecule has 2 aliphatic rings. The van der Waals surface area contributed by atoms with Gasteiger partial charge in [0.25, 0.3) is 0 Å². The van der Waals surface area contributed by atoms with Gasteiger partial charge < -0.3 is 4.74 Å². The molecule has 0 radical (unpaired) electrons. The maximum atomic E-state index is 12.4. The number of Topliss-reactive ketones (excluding diaryl/α,β-unsaturated/α-hetero) is 1. The maximum Gasteiger partial charge on any atom is 0.203 e. The summed E-state index contributed by atoms with van der Waals surface area (Å²) in [6.07, 6.45) is 5.94. The Morgan fingerprint density at radius 1 is 1.44 bits per heavy atom. The average Bonchev–Trinajstić information content (AvgIpc) is 2.87. The molecule has 1 aromatic rings. The number of ether oxygens (including phenoxy) is 1. The predicted octanol–water partition coefficient (Wildman–Crippen LogP) is 1.96. The SMILES string of the molecule is O=C(c1ncccn1)C1CCOC2(CCSC2)C1. The minimum Gasteiger partial charge on any atom is -0.374 e. The van der Waals surface area contributed by atoms with Crippen molar-refractivity contribution in [2.75, 3.05) is 18.1 Å². The summed E-state index contributed by atoms with van der Waals surface area (Å²) in [6, 6.07) is 1.73. The van der Waals surface area contributed by atoms with Gasteiger partial charge in [0, 0.05) is 30.7 Å². The summed E-state index contributed by atoms with van der Waals surface area (Å²) in [7, 11) is 0. The fourth-order valence-corrected chi connectivity index (χ4v) is 4.10. The first kappa shape index (κ1) is 12.1. The molecule has 0 bridgehead atoms. The zero-order valence-corrected chi connectivity index (χ0v) is 11.0. The molecule has 2 saturated heterocycles. The van der Waals surface area contributed by atoms with Crippen LogP contribution in [-0.2, 0) is 4.74 Å². The van der Waals surface area contributed by atoms with E-state index in [0.717, 1.165) is 30.8 Å². The van der Waals surface area contributed by atoms with Crippen molar-refractivity contribution in [1.29, 1.82) is 0 Å². The van der Waals surface area contributed by atoms with Crippen LogP contribution >= 0.6 is 11.8 Å². The Morgan fingerprint density at radius 2 is 2.28 bits per heavy atom. The molecular formula is C13H16N2O2S. The van der Waals surface area contributed by atoms with Crippen LogP contribution in [0.3, 0.4) is 0 Å². The normalized spacial score (nSPS) is 31.7. The monoisotopic (exact) mass is 264 g/mol. The number of rotatable bonds is 2. The van der Waals surface area contributed by atoms with E-state index in [2.05, 4.69) is 9.97 Å². The molecule has 1 aromatic heterocycles. The van der Waals surface area contributed by atoms with Crippen LogP contribution in [0.15, 0.2) is 18.5 Å². The molecule has 2 aliphatic heterocycles. The van der Waals surface area contributed by atoms with Crippen molar-refractivity contribution in [3.63, 3.8) is 0 Å². The number of carbonyl (C=O) groups is 1. The Hall–Kier alpha value is -0.940. The number of hydrogen-bond donors (Lipinski definition) is 0. The zero-order valence-electron chi connectivity index (χ0n) is 10.2. The largest absolute Gasteiger partial charge is 0.374 e. The topological polar surface area (TPSA) is 52.1 Å². The van der Waals surface area contributed by atoms with Crippen molar-refractivity contribution in [2.45, 2.75) is 24.9 Å². The Balaban J connectivity index is 1.74. The van der Waals surface area contributed by atoms with Crippen molar-refractivity contribution in [3.05, 3.63) is 24.3 Å². The van der Waals surface area contributed by atoms with Gasteiger partial charge in [0.15, 0.2) is 5.82 Å². The van der Waals surface area contributed by atoms with E-state index in [1.807, 2.05) is 11.8 Å². The molecule has 0 amide bonds. The van der Waals surface area contributed by atoms with Gasteiger partial charge in [0.05, 0.1) is 5.60 Å². The Labute approximate surface area is 111 Å². The summed E-state index contributed by atoms with van der Waals surface area (Å²) in [4.78, 5) is 20.5. The van der Waals surface area contributed by atoms with Gasteiger partial charge in [-0.15, -0.1) is 0 Å². The molecule has 4 nitrogen and oxygen atoms in total. The van der Waals surface area contributed by atoms with Gasteiger partial charge in [-0.2, -0.15) is 11.8 Å². The Kier molecular flexibility index (Phi) is 3.35. The van der Waals surface area contributed by atoms with Crippen molar-refractivity contribution < 1.29 is 9.53 Å². The van der Waals surface area contributed by atoms with Crippen LogP contribution in [0.5, 0.6) is 0 Å². The lowest BCUT2D eigenvalue weighted by Gasteiger charge is -2.36. The number of carbonyl (C=O) groups excluding carboxylic acids is 1. The van der Waals surface area contributed by atoms with E-state index in [1.54, 1.807) is 18.5 Å². The molecule has 5 heteroatoms. The summed E-state index contributed by atoms with van der Waals surface area (Å²) >= 11 is 1.92. The first-order chi connectivity index (χ1) is 8.79. The van der Waals surface area contributed by atoms with Crippen molar-refractivity contribution >= 4 is 17.5 Å². The molecule has 96 valence electrons. The van der Waals surface area contributed by atoms with E-state index in [4.69, 9.17) is 4.74 Å². The molecule has 3 rings (SSSR count). The molecular weight excluding hydrogens is 248 g/mol. The molecule has 0 aromatic carbocycles. The third-order valence-corrected chi connectivity index (χ3v) is 4.94. The predicted molar refractivity (Wildman–Crippen MR) is 69.7 cm³/mol. The highest BCUT2D eigenvalue weighted by Crippen LogP contribution is 2.40. The molecule has 0 N–H and O–H groups in total. The third-order valence-electron chi connectivity index (χ3n) is 3.72. The van der Waals surface area contributed by atoms with Crippen LogP contribution in [0.2, 0.25) is 0 Å². The molecule has 2 atom stereocenters. The quantitative estimate of drug-likeness (QED) is 0.764. The van der Waals surface area contributed by atoms with Crippen LogP contribution < -0.4 is 0 Å². The summed E-state index contributed by atoms with van der Waals surface area (Å²) in [5.74, 6) is 2.62. The highest BCUT2D eigenvalue weighted by Gasteiger charge is 2.42. The van der Waals surface area contributed by atoms with E-state index in [1.165, 1.54) is 0 Å². The molecule has 3 heterocycles. The van der Waals surface area contributed by atoms with Crippen LogP contribution in [0.4, 0.5) is 0 Å². The lowest BCUT2D eigenvalue weighted by atomic mass is 9.83. The Bertz CT molecular complexity index is 432. The lowest BCUT2D eigenvalue weighted by Crippen LogP contribution is -2.42. The molecule has 0 aliphatic carbocycles. The van der Waals surface area contributed by atoms with Crippen LogP contribution in [-0.4, -0.2) is 39.5 Å². The van der Waals surface area contributed by atoms with Gasteiger partial charge in [-0.3, -0.25) is 4.79 Å². The second-order valence-corrected chi connectivity index (χ2v) is 6.07. The molecule has 1 spiro atoms. The fraction of sp³-hybridized carbons (Fsp3) is 0.615. The smallest absolute Gasteiger partial charge is 0.203 e.